The number of para-hydroxylation sites is 1. The monoisotopic (exact) mass is 483 g/mol. The predicted octanol–water partition coefficient (Wildman–Crippen LogP) is 5.86. The molecule has 176 valence electrons. The van der Waals surface area contributed by atoms with Crippen LogP contribution in [-0.4, -0.2) is 29.4 Å². The summed E-state index contributed by atoms with van der Waals surface area (Å²) >= 11 is 5.84. The van der Waals surface area contributed by atoms with Crippen LogP contribution in [0.1, 0.15) is 17.2 Å². The zero-order valence-electron chi connectivity index (χ0n) is 19.4. The highest BCUT2D eigenvalue weighted by Gasteiger charge is 2.32. The Labute approximate surface area is 209 Å². The molecule has 4 aromatic carbocycles. The van der Waals surface area contributed by atoms with Crippen LogP contribution in [0, 0.1) is 0 Å². The van der Waals surface area contributed by atoms with E-state index >= 15 is 0 Å². The highest BCUT2D eigenvalue weighted by molar-refractivity contribution is 7.80. The Hall–Kier alpha value is -4.23. The summed E-state index contributed by atoms with van der Waals surface area (Å²) in [4.78, 5) is 0. The van der Waals surface area contributed by atoms with E-state index in [2.05, 4.69) is 16.8 Å². The summed E-state index contributed by atoms with van der Waals surface area (Å²) in [6, 6.07) is 26.9. The second-order valence-corrected chi connectivity index (χ2v) is 8.45. The number of nitrogens with one attached hydrogen (secondary N) is 2. The highest BCUT2D eigenvalue weighted by Crippen LogP contribution is 2.41. The van der Waals surface area contributed by atoms with Gasteiger partial charge in [-0.2, -0.15) is 0 Å². The third kappa shape index (κ3) is 4.22. The topological polar surface area (TPSA) is 66.0 Å². The molecule has 0 radical (unpaired) electrons. The van der Waals surface area contributed by atoms with Gasteiger partial charge in [-0.05, 0) is 59.6 Å². The first kappa shape index (κ1) is 22.6. The zero-order chi connectivity index (χ0) is 24.4. The van der Waals surface area contributed by atoms with E-state index in [0.29, 0.717) is 22.1 Å². The number of fused-ring (bicyclic) bond motifs is 1. The Kier molecular flexibility index (Phi) is 6.16. The van der Waals surface area contributed by atoms with Crippen molar-refractivity contribution < 1.29 is 14.6 Å². The Morgan fingerprint density at radius 3 is 2.31 bits per heavy atom. The summed E-state index contributed by atoms with van der Waals surface area (Å²) in [5.74, 6) is 1.48. The first-order valence-corrected chi connectivity index (χ1v) is 11.6. The maximum absolute atomic E-state index is 10.7. The lowest BCUT2D eigenvalue weighted by Crippen LogP contribution is -2.42. The molecule has 7 heteroatoms. The standard InChI is InChI=1S/C28H25N3O3S/c1-33-25-16-15-20(19-11-6-7-12-21(19)25)23-17-22(27-24(32)13-8-14-26(27)34-2)30-31(23)28(35)29-18-9-4-3-5-10-18/h3-17,23,30,32H,1-2H3,(H,29,35). The lowest BCUT2D eigenvalue weighted by Gasteiger charge is -2.29. The number of benzene rings is 4. The number of hydrogen-bond acceptors (Lipinski definition) is 5. The molecule has 0 amide bonds. The summed E-state index contributed by atoms with van der Waals surface area (Å²) in [6.45, 7) is 0. The molecule has 0 saturated carbocycles. The van der Waals surface area contributed by atoms with Crippen molar-refractivity contribution in [1.29, 1.82) is 0 Å². The van der Waals surface area contributed by atoms with Gasteiger partial charge < -0.3 is 19.9 Å². The van der Waals surface area contributed by atoms with Crippen LogP contribution >= 0.6 is 12.2 Å². The zero-order valence-corrected chi connectivity index (χ0v) is 20.2. The molecule has 0 saturated heterocycles. The fraction of sp³-hybridized carbons (Fsp3) is 0.107. The summed E-state index contributed by atoms with van der Waals surface area (Å²) in [5, 5.41) is 18.4. The maximum atomic E-state index is 10.7. The molecule has 1 heterocycles. The van der Waals surface area contributed by atoms with Crippen LogP contribution in [0.5, 0.6) is 17.2 Å². The van der Waals surface area contributed by atoms with Crippen LogP contribution in [0.25, 0.3) is 16.5 Å². The highest BCUT2D eigenvalue weighted by atomic mass is 32.1. The number of rotatable bonds is 5. The minimum Gasteiger partial charge on any atom is -0.507 e. The van der Waals surface area contributed by atoms with Gasteiger partial charge in [0.05, 0.1) is 31.5 Å². The normalized spacial score (nSPS) is 14.9. The van der Waals surface area contributed by atoms with Crippen LogP contribution < -0.4 is 20.2 Å². The molecule has 0 bridgehead atoms. The van der Waals surface area contributed by atoms with Crippen molar-refractivity contribution in [3.8, 4) is 17.2 Å². The van der Waals surface area contributed by atoms with Gasteiger partial charge in [0.2, 0.25) is 0 Å². The Morgan fingerprint density at radius 1 is 0.857 bits per heavy atom. The van der Waals surface area contributed by atoms with Crippen molar-refractivity contribution in [2.45, 2.75) is 6.04 Å². The molecule has 35 heavy (non-hydrogen) atoms. The minimum atomic E-state index is -0.270. The first-order chi connectivity index (χ1) is 17.1. The van der Waals surface area contributed by atoms with E-state index in [-0.39, 0.29) is 11.8 Å². The van der Waals surface area contributed by atoms with E-state index < -0.39 is 0 Å². The van der Waals surface area contributed by atoms with Gasteiger partial charge in [0.1, 0.15) is 17.2 Å². The molecule has 1 aliphatic heterocycles. The summed E-state index contributed by atoms with van der Waals surface area (Å²) in [6.07, 6.45) is 2.05. The van der Waals surface area contributed by atoms with Crippen LogP contribution in [0.2, 0.25) is 0 Å². The van der Waals surface area contributed by atoms with E-state index in [1.54, 1.807) is 26.4 Å². The van der Waals surface area contributed by atoms with Gasteiger partial charge in [-0.1, -0.05) is 54.6 Å². The van der Waals surface area contributed by atoms with Crippen LogP contribution in [0.15, 0.2) is 91.0 Å². The fourth-order valence-electron chi connectivity index (χ4n) is 4.41. The van der Waals surface area contributed by atoms with Crippen molar-refractivity contribution in [1.82, 2.24) is 10.4 Å². The second-order valence-electron chi connectivity index (χ2n) is 8.06. The van der Waals surface area contributed by atoms with Crippen LogP contribution in [0.3, 0.4) is 0 Å². The van der Waals surface area contributed by atoms with Gasteiger partial charge in [0.25, 0.3) is 0 Å². The number of thiocarbonyl (C=S) groups is 1. The van der Waals surface area contributed by atoms with Gasteiger partial charge in [-0.25, -0.2) is 0 Å². The Morgan fingerprint density at radius 2 is 1.57 bits per heavy atom. The number of hydrogen-bond donors (Lipinski definition) is 3. The second kappa shape index (κ2) is 9.56. The molecule has 4 aromatic rings. The summed E-state index contributed by atoms with van der Waals surface area (Å²) < 4.78 is 11.1. The lowest BCUT2D eigenvalue weighted by molar-refractivity contribution is 0.347. The first-order valence-electron chi connectivity index (χ1n) is 11.2. The summed E-state index contributed by atoms with van der Waals surface area (Å²) in [5.41, 5.74) is 6.59. The maximum Gasteiger partial charge on any atom is 0.193 e. The van der Waals surface area contributed by atoms with Gasteiger partial charge in [-0.15, -0.1) is 0 Å². The van der Waals surface area contributed by atoms with E-state index in [1.165, 1.54) is 0 Å². The van der Waals surface area contributed by atoms with E-state index in [4.69, 9.17) is 21.7 Å². The molecule has 0 aliphatic carbocycles. The number of nitrogens with zero attached hydrogens (tertiary/aromatic N) is 1. The minimum absolute atomic E-state index is 0.116. The van der Waals surface area contributed by atoms with E-state index in [9.17, 15) is 5.11 Å². The number of phenolic OH excluding ortho intramolecular Hbond substituents is 1. The van der Waals surface area contributed by atoms with Gasteiger partial charge in [0, 0.05) is 11.1 Å². The number of anilines is 1. The molecule has 1 atom stereocenters. The quantitative estimate of drug-likeness (QED) is 0.307. The molecule has 0 aromatic heterocycles. The van der Waals surface area contributed by atoms with Crippen molar-refractivity contribution in [3.05, 3.63) is 102 Å². The molecular weight excluding hydrogens is 458 g/mol. The number of aromatic hydroxyl groups is 1. The van der Waals surface area contributed by atoms with E-state index in [1.807, 2.05) is 77.8 Å². The largest absolute Gasteiger partial charge is 0.507 e. The third-order valence-electron chi connectivity index (χ3n) is 6.04. The molecule has 0 spiro atoms. The Balaban J connectivity index is 1.63. The molecule has 5 rings (SSSR count). The molecule has 6 nitrogen and oxygen atoms in total. The average Bonchev–Trinajstić information content (AvgIpc) is 3.33. The van der Waals surface area contributed by atoms with Crippen molar-refractivity contribution in [2.75, 3.05) is 19.5 Å². The third-order valence-corrected chi connectivity index (χ3v) is 6.34. The number of phenols is 1. The molecule has 1 aliphatic rings. The van der Waals surface area contributed by atoms with Crippen LogP contribution in [-0.2, 0) is 0 Å². The number of ether oxygens (including phenoxy) is 2. The molecule has 3 N–H and O–H groups in total. The van der Waals surface area contributed by atoms with E-state index in [0.717, 1.165) is 27.8 Å². The number of hydrazine groups is 1. The molecule has 1 unspecified atom stereocenters. The van der Waals surface area contributed by atoms with Gasteiger partial charge >= 0.3 is 0 Å². The van der Waals surface area contributed by atoms with Crippen LogP contribution in [0.4, 0.5) is 5.69 Å². The molecular formula is C28H25N3O3S. The fourth-order valence-corrected chi connectivity index (χ4v) is 4.69. The van der Waals surface area contributed by atoms with Gasteiger partial charge in [0.15, 0.2) is 5.11 Å². The lowest BCUT2D eigenvalue weighted by atomic mass is 9.97. The smallest absolute Gasteiger partial charge is 0.193 e. The average molecular weight is 484 g/mol. The van der Waals surface area contributed by atoms with Crippen molar-refractivity contribution >= 4 is 39.5 Å². The Bertz CT molecular complexity index is 1420. The number of methoxy groups -OCH3 is 2. The SMILES string of the molecule is COc1cccc(O)c1C1=CC(c2ccc(OC)c3ccccc23)N(C(=S)Nc2ccccc2)N1. The molecule has 0 fully saturated rings. The predicted molar refractivity (Wildman–Crippen MR) is 144 cm³/mol. The van der Waals surface area contributed by atoms with Crippen molar-refractivity contribution in [3.63, 3.8) is 0 Å². The summed E-state index contributed by atoms with van der Waals surface area (Å²) in [7, 11) is 3.26. The van der Waals surface area contributed by atoms with Crippen molar-refractivity contribution in [2.24, 2.45) is 0 Å². The van der Waals surface area contributed by atoms with Gasteiger partial charge in [-0.3, -0.25) is 10.4 Å².